The SMILES string of the molecule is Cc1nnn(CC(=O)[C@H]2C[C@@H](CF)[C@H]3[C@@H]4CC[C@@H]5C[C@](C)(O)CC[C@@H]5[C@H]4CC[C@@]32C)n1. The van der Waals surface area contributed by atoms with Crippen molar-refractivity contribution in [3.05, 3.63) is 5.82 Å². The number of hydrogen-bond donors (Lipinski definition) is 1. The van der Waals surface area contributed by atoms with E-state index in [1.165, 1.54) is 4.80 Å². The van der Waals surface area contributed by atoms with Crippen molar-refractivity contribution in [1.82, 2.24) is 20.2 Å². The predicted molar refractivity (Wildman–Crippen MR) is 114 cm³/mol. The van der Waals surface area contributed by atoms with Gasteiger partial charge in [0.15, 0.2) is 11.6 Å². The van der Waals surface area contributed by atoms with Gasteiger partial charge < -0.3 is 5.11 Å². The molecule has 31 heavy (non-hydrogen) atoms. The number of halogens is 1. The topological polar surface area (TPSA) is 80.9 Å². The van der Waals surface area contributed by atoms with Crippen molar-refractivity contribution >= 4 is 5.78 Å². The summed E-state index contributed by atoms with van der Waals surface area (Å²) in [4.78, 5) is 14.7. The fourth-order valence-corrected chi connectivity index (χ4v) is 8.67. The molecule has 0 radical (unpaired) electrons. The van der Waals surface area contributed by atoms with Crippen LogP contribution in [0, 0.1) is 53.8 Å². The van der Waals surface area contributed by atoms with E-state index in [2.05, 4.69) is 22.3 Å². The summed E-state index contributed by atoms with van der Waals surface area (Å²) in [6.45, 7) is 5.84. The highest BCUT2D eigenvalue weighted by atomic mass is 19.1. The fraction of sp³-hybridized carbons (Fsp3) is 0.917. The zero-order valence-electron chi connectivity index (χ0n) is 19.1. The van der Waals surface area contributed by atoms with E-state index in [0.717, 1.165) is 44.9 Å². The Kier molecular flexibility index (Phi) is 5.26. The molecule has 0 amide bonds. The highest BCUT2D eigenvalue weighted by Gasteiger charge is 2.62. The highest BCUT2D eigenvalue weighted by molar-refractivity contribution is 5.82. The average Bonchev–Trinajstić information content (AvgIpc) is 3.26. The lowest BCUT2D eigenvalue weighted by atomic mass is 9.48. The number of hydrogen-bond acceptors (Lipinski definition) is 5. The summed E-state index contributed by atoms with van der Waals surface area (Å²) < 4.78 is 14.3. The van der Waals surface area contributed by atoms with Crippen LogP contribution in [-0.2, 0) is 11.3 Å². The lowest BCUT2D eigenvalue weighted by molar-refractivity contribution is -0.134. The lowest BCUT2D eigenvalue weighted by Gasteiger charge is -2.57. The van der Waals surface area contributed by atoms with Gasteiger partial charge in [-0.3, -0.25) is 9.18 Å². The third-order valence-corrected chi connectivity index (χ3v) is 9.81. The number of carbonyl (C=O) groups excluding carboxylic acids is 1. The first-order valence-corrected chi connectivity index (χ1v) is 12.3. The first-order valence-electron chi connectivity index (χ1n) is 12.3. The van der Waals surface area contributed by atoms with Gasteiger partial charge in [-0.25, -0.2) is 0 Å². The molecule has 1 aromatic rings. The number of Topliss-reactive ketones (excluding diaryl/α,β-unsaturated/α-hetero) is 1. The van der Waals surface area contributed by atoms with Crippen molar-refractivity contribution in [3.8, 4) is 0 Å². The van der Waals surface area contributed by atoms with Gasteiger partial charge in [0, 0.05) is 5.92 Å². The zero-order chi connectivity index (χ0) is 22.0. The van der Waals surface area contributed by atoms with E-state index < -0.39 is 5.60 Å². The van der Waals surface area contributed by atoms with Crippen LogP contribution in [0.2, 0.25) is 0 Å². The number of rotatable bonds is 4. The van der Waals surface area contributed by atoms with Gasteiger partial charge in [0.2, 0.25) is 0 Å². The van der Waals surface area contributed by atoms with Crippen molar-refractivity contribution in [2.75, 3.05) is 6.67 Å². The number of nitrogens with zero attached hydrogens (tertiary/aromatic N) is 4. The molecule has 6 nitrogen and oxygen atoms in total. The van der Waals surface area contributed by atoms with Gasteiger partial charge in [0.05, 0.1) is 12.3 Å². The summed E-state index contributed by atoms with van der Waals surface area (Å²) in [6.07, 6.45) is 7.99. The molecule has 4 saturated carbocycles. The molecule has 0 saturated heterocycles. The Morgan fingerprint density at radius 1 is 1.16 bits per heavy atom. The van der Waals surface area contributed by atoms with E-state index >= 15 is 0 Å². The number of carbonyl (C=O) groups is 1. The fourth-order valence-electron chi connectivity index (χ4n) is 8.67. The molecule has 7 heteroatoms. The minimum absolute atomic E-state index is 0.0135. The highest BCUT2D eigenvalue weighted by Crippen LogP contribution is 2.66. The summed E-state index contributed by atoms with van der Waals surface area (Å²) in [7, 11) is 0. The summed E-state index contributed by atoms with van der Waals surface area (Å²) in [5, 5.41) is 22.6. The van der Waals surface area contributed by atoms with Crippen LogP contribution < -0.4 is 0 Å². The van der Waals surface area contributed by atoms with Gasteiger partial charge in [0.25, 0.3) is 0 Å². The predicted octanol–water partition coefficient (Wildman–Crippen LogP) is 3.77. The molecular formula is C24H37FN4O2. The Hall–Kier alpha value is -1.37. The van der Waals surface area contributed by atoms with Crippen molar-refractivity contribution in [3.63, 3.8) is 0 Å². The first kappa shape index (κ1) is 21.5. The van der Waals surface area contributed by atoms with Gasteiger partial charge in [-0.1, -0.05) is 6.92 Å². The second-order valence-electron chi connectivity index (χ2n) is 11.7. The van der Waals surface area contributed by atoms with Crippen molar-refractivity contribution in [2.24, 2.45) is 46.8 Å². The summed E-state index contributed by atoms with van der Waals surface area (Å²) in [5.41, 5.74) is -0.644. The molecule has 1 aromatic heterocycles. The van der Waals surface area contributed by atoms with Gasteiger partial charge in [-0.2, -0.15) is 4.80 Å². The maximum Gasteiger partial charge on any atom is 0.171 e. The number of aliphatic hydroxyl groups is 1. The molecule has 1 heterocycles. The second-order valence-corrected chi connectivity index (χ2v) is 11.7. The summed E-state index contributed by atoms with van der Waals surface area (Å²) in [6, 6.07) is 0. The van der Waals surface area contributed by atoms with E-state index in [-0.39, 0.29) is 36.3 Å². The standard InChI is InChI=1S/C24H37FN4O2/c1-14-26-28-29(27-14)13-21(30)20-10-16(12-25)22-19-5-4-15-11-23(2,31)8-6-17(15)18(19)7-9-24(20,22)3/h15-20,22,31H,4-13H2,1-3H3/t15-,16+,17+,18-,19-,20-,22+,23-,24-/m1/s1. The van der Waals surface area contributed by atoms with Crippen LogP contribution in [0.4, 0.5) is 4.39 Å². The summed E-state index contributed by atoms with van der Waals surface area (Å²) >= 11 is 0. The number of alkyl halides is 1. The molecular weight excluding hydrogens is 395 g/mol. The van der Waals surface area contributed by atoms with Crippen molar-refractivity contribution in [1.29, 1.82) is 0 Å². The van der Waals surface area contributed by atoms with Crippen LogP contribution in [0.5, 0.6) is 0 Å². The molecule has 0 aliphatic heterocycles. The third kappa shape index (κ3) is 3.55. The molecule has 0 bridgehead atoms. The van der Waals surface area contributed by atoms with E-state index in [9.17, 15) is 14.3 Å². The van der Waals surface area contributed by atoms with Crippen LogP contribution in [0.3, 0.4) is 0 Å². The van der Waals surface area contributed by atoms with E-state index in [0.29, 0.717) is 41.8 Å². The Morgan fingerprint density at radius 2 is 1.94 bits per heavy atom. The Bertz CT molecular complexity index is 841. The first-order chi connectivity index (χ1) is 14.7. The minimum Gasteiger partial charge on any atom is -0.390 e. The minimum atomic E-state index is -0.517. The van der Waals surface area contributed by atoms with Crippen LogP contribution in [0.25, 0.3) is 0 Å². The normalized spacial score (nSPS) is 46.8. The molecule has 172 valence electrons. The van der Waals surface area contributed by atoms with Crippen molar-refractivity contribution < 1.29 is 14.3 Å². The van der Waals surface area contributed by atoms with Gasteiger partial charge in [-0.15, -0.1) is 10.2 Å². The number of aryl methyl sites for hydroxylation is 1. The Balaban J connectivity index is 1.37. The Morgan fingerprint density at radius 3 is 2.65 bits per heavy atom. The smallest absolute Gasteiger partial charge is 0.171 e. The molecule has 4 aliphatic rings. The molecule has 4 fully saturated rings. The molecule has 0 unspecified atom stereocenters. The maximum absolute atomic E-state index is 14.3. The number of fused-ring (bicyclic) bond motifs is 5. The number of tetrazole rings is 1. The average molecular weight is 433 g/mol. The van der Waals surface area contributed by atoms with Crippen LogP contribution in [-0.4, -0.2) is 43.4 Å². The molecule has 9 atom stereocenters. The van der Waals surface area contributed by atoms with Crippen LogP contribution in [0.1, 0.15) is 71.0 Å². The lowest BCUT2D eigenvalue weighted by Crippen LogP contribution is -2.52. The molecule has 0 aromatic carbocycles. The summed E-state index contributed by atoms with van der Waals surface area (Å²) in [5.74, 6) is 3.30. The molecule has 4 aliphatic carbocycles. The second kappa shape index (κ2) is 7.60. The van der Waals surface area contributed by atoms with Gasteiger partial charge in [-0.05, 0) is 111 Å². The van der Waals surface area contributed by atoms with Crippen LogP contribution in [0.15, 0.2) is 0 Å². The Labute approximate surface area is 184 Å². The van der Waals surface area contributed by atoms with Crippen molar-refractivity contribution in [2.45, 2.75) is 84.3 Å². The van der Waals surface area contributed by atoms with E-state index in [4.69, 9.17) is 0 Å². The van der Waals surface area contributed by atoms with Crippen LogP contribution >= 0.6 is 0 Å². The molecule has 1 N–H and O–H groups in total. The molecule has 0 spiro atoms. The quantitative estimate of drug-likeness (QED) is 0.783. The molecule has 5 rings (SSSR count). The number of ketones is 1. The maximum atomic E-state index is 14.3. The van der Waals surface area contributed by atoms with Gasteiger partial charge in [0.1, 0.15) is 6.54 Å². The number of aromatic nitrogens is 4. The zero-order valence-corrected chi connectivity index (χ0v) is 19.1. The monoisotopic (exact) mass is 432 g/mol. The van der Waals surface area contributed by atoms with E-state index in [1.54, 1.807) is 6.92 Å². The van der Waals surface area contributed by atoms with E-state index in [1.807, 2.05) is 6.92 Å². The largest absolute Gasteiger partial charge is 0.390 e. The third-order valence-electron chi connectivity index (χ3n) is 9.81. The van der Waals surface area contributed by atoms with Gasteiger partial charge >= 0.3 is 0 Å².